The highest BCUT2D eigenvalue weighted by Gasteiger charge is 2.37. The summed E-state index contributed by atoms with van der Waals surface area (Å²) in [5.74, 6) is -0.576. The van der Waals surface area contributed by atoms with Crippen LogP contribution in [0.15, 0.2) is 24.5 Å². The highest BCUT2D eigenvalue weighted by Crippen LogP contribution is 2.38. The monoisotopic (exact) mass is 508 g/mol. The molecule has 5 rings (SSSR count). The summed E-state index contributed by atoms with van der Waals surface area (Å²) in [6.07, 6.45) is 0.0957. The number of hydrogen-bond acceptors (Lipinski definition) is 7. The second kappa shape index (κ2) is 9.72. The molecule has 1 atom stereocenters. The van der Waals surface area contributed by atoms with Gasteiger partial charge < -0.3 is 20.1 Å². The highest BCUT2D eigenvalue weighted by atomic mass is 19.4. The summed E-state index contributed by atoms with van der Waals surface area (Å²) in [5.41, 5.74) is -0.457. The van der Waals surface area contributed by atoms with Crippen LogP contribution in [0.1, 0.15) is 50.6 Å². The number of aliphatic hydroxyl groups excluding tert-OH is 1. The third kappa shape index (κ3) is 4.78. The normalized spacial score (nSPS) is 22.8. The van der Waals surface area contributed by atoms with Crippen molar-refractivity contribution in [1.82, 2.24) is 19.7 Å². The van der Waals surface area contributed by atoms with Gasteiger partial charge in [0.1, 0.15) is 11.9 Å². The summed E-state index contributed by atoms with van der Waals surface area (Å²) in [5, 5.41) is 19.1. The van der Waals surface area contributed by atoms with Crippen molar-refractivity contribution in [2.24, 2.45) is 0 Å². The first-order valence-corrected chi connectivity index (χ1v) is 12.2. The molecule has 4 heterocycles. The van der Waals surface area contributed by atoms with Gasteiger partial charge in [-0.3, -0.25) is 4.68 Å². The van der Waals surface area contributed by atoms with Gasteiger partial charge in [-0.1, -0.05) is 0 Å². The molecule has 1 aliphatic carbocycles. The Hall–Kier alpha value is -3.15. The number of nitrogens with one attached hydrogen (secondary N) is 1. The fourth-order valence-corrected chi connectivity index (χ4v) is 5.03. The molecule has 0 amide bonds. The molecule has 0 bridgehead atoms. The van der Waals surface area contributed by atoms with Crippen LogP contribution in [0.3, 0.4) is 0 Å². The number of pyridine rings is 2. The zero-order valence-corrected chi connectivity index (χ0v) is 19.8. The number of anilines is 2. The van der Waals surface area contributed by atoms with Gasteiger partial charge in [0.2, 0.25) is 0 Å². The van der Waals surface area contributed by atoms with Crippen LogP contribution >= 0.6 is 0 Å². The van der Waals surface area contributed by atoms with Crippen LogP contribution in [0.25, 0.3) is 10.9 Å². The molecular weight excluding hydrogens is 480 g/mol. The lowest BCUT2D eigenvalue weighted by Gasteiger charge is -2.29. The van der Waals surface area contributed by atoms with Gasteiger partial charge >= 0.3 is 6.18 Å². The molecule has 36 heavy (non-hydrogen) atoms. The zero-order chi connectivity index (χ0) is 25.4. The van der Waals surface area contributed by atoms with Crippen LogP contribution in [-0.2, 0) is 6.18 Å². The van der Waals surface area contributed by atoms with E-state index in [4.69, 9.17) is 9.84 Å². The Bertz CT molecular complexity index is 1230. The van der Waals surface area contributed by atoms with Crippen LogP contribution in [0, 0.1) is 5.82 Å². The second-order valence-corrected chi connectivity index (χ2v) is 9.30. The van der Waals surface area contributed by atoms with Crippen molar-refractivity contribution in [2.75, 3.05) is 29.9 Å². The molecule has 12 heteroatoms. The minimum absolute atomic E-state index is 0.0322. The molecule has 2 N–H and O–H groups in total. The van der Waals surface area contributed by atoms with Gasteiger partial charge in [-0.2, -0.15) is 18.3 Å². The maximum absolute atomic E-state index is 14.4. The van der Waals surface area contributed by atoms with E-state index >= 15 is 0 Å². The molecule has 1 saturated carbocycles. The fourth-order valence-electron chi connectivity index (χ4n) is 5.03. The van der Waals surface area contributed by atoms with E-state index in [9.17, 15) is 22.7 Å². The maximum atomic E-state index is 14.4. The molecular formula is C24H28F4N6O2. The Morgan fingerprint density at radius 1 is 1.17 bits per heavy atom. The van der Waals surface area contributed by atoms with Crippen molar-refractivity contribution in [3.63, 3.8) is 0 Å². The molecule has 2 fully saturated rings. The first-order valence-electron chi connectivity index (χ1n) is 12.2. The van der Waals surface area contributed by atoms with Gasteiger partial charge in [0.05, 0.1) is 28.6 Å². The van der Waals surface area contributed by atoms with Crippen LogP contribution in [0.5, 0.6) is 5.88 Å². The summed E-state index contributed by atoms with van der Waals surface area (Å²) < 4.78 is 61.0. The van der Waals surface area contributed by atoms with E-state index in [2.05, 4.69) is 20.2 Å². The van der Waals surface area contributed by atoms with E-state index in [0.717, 1.165) is 35.3 Å². The van der Waals surface area contributed by atoms with Gasteiger partial charge in [0.25, 0.3) is 5.88 Å². The van der Waals surface area contributed by atoms with E-state index in [1.54, 1.807) is 6.20 Å². The lowest BCUT2D eigenvalue weighted by molar-refractivity contribution is -0.140. The predicted octanol–water partition coefficient (Wildman–Crippen LogP) is 4.55. The minimum Gasteiger partial charge on any atom is -0.472 e. The van der Waals surface area contributed by atoms with Crippen molar-refractivity contribution in [2.45, 2.75) is 63.5 Å². The van der Waals surface area contributed by atoms with E-state index in [-0.39, 0.29) is 6.04 Å². The van der Waals surface area contributed by atoms with Gasteiger partial charge in [0, 0.05) is 38.1 Å². The number of aliphatic hydroxyl groups is 1. The first-order chi connectivity index (χ1) is 17.2. The fraction of sp³-hybridized carbons (Fsp3) is 0.542. The van der Waals surface area contributed by atoms with Gasteiger partial charge in [-0.15, -0.1) is 0 Å². The molecule has 1 saturated heterocycles. The molecule has 1 aliphatic heterocycles. The number of ether oxygens (including phenoxy) is 1. The SMILES string of the molecule is CCNc1cc2c(cn1)c(N1CC[C@H](O)C1)nn2C1CCC(Oc2nccc(C(F)(F)F)c2F)CC1. The molecule has 0 spiro atoms. The van der Waals surface area contributed by atoms with E-state index < -0.39 is 35.6 Å². The Kier molecular flexibility index (Phi) is 6.62. The number of hydrogen-bond donors (Lipinski definition) is 2. The van der Waals surface area contributed by atoms with Gasteiger partial charge in [-0.05, 0) is 45.1 Å². The standard InChI is InChI=1S/C24H28F4N6O2/c1-2-29-20-11-19-17(12-31-20)22(33-10-8-15(35)13-33)32-34(19)14-3-5-16(6-4-14)36-23-21(25)18(7-9-30-23)24(26,27)28/h7,9,11-12,14-16,35H,2-6,8,10,13H2,1H3,(H,29,31)/t14?,15-,16?/m0/s1. The summed E-state index contributed by atoms with van der Waals surface area (Å²) in [6.45, 7) is 3.93. The lowest BCUT2D eigenvalue weighted by Crippen LogP contribution is -2.27. The number of β-amino-alcohol motifs (C(OH)–C–C–N with tert-alkyl or cyclic N) is 1. The average molecular weight is 509 g/mol. The molecule has 0 aromatic carbocycles. The smallest absolute Gasteiger partial charge is 0.419 e. The van der Waals surface area contributed by atoms with Crippen molar-refractivity contribution >= 4 is 22.5 Å². The Morgan fingerprint density at radius 2 is 1.94 bits per heavy atom. The van der Waals surface area contributed by atoms with Crippen LogP contribution < -0.4 is 15.0 Å². The molecule has 3 aromatic heterocycles. The Balaban J connectivity index is 1.35. The van der Waals surface area contributed by atoms with Gasteiger partial charge in [0.15, 0.2) is 11.6 Å². The van der Waals surface area contributed by atoms with Crippen LogP contribution in [0.2, 0.25) is 0 Å². The van der Waals surface area contributed by atoms with Crippen molar-refractivity contribution in [3.05, 3.63) is 35.9 Å². The topological polar surface area (TPSA) is 88.3 Å². The lowest BCUT2D eigenvalue weighted by atomic mass is 9.93. The number of alkyl halides is 3. The zero-order valence-electron chi connectivity index (χ0n) is 19.8. The second-order valence-electron chi connectivity index (χ2n) is 9.30. The summed E-state index contributed by atoms with van der Waals surface area (Å²) in [4.78, 5) is 10.3. The van der Waals surface area contributed by atoms with Crippen molar-refractivity contribution in [3.8, 4) is 5.88 Å². The minimum atomic E-state index is -4.81. The van der Waals surface area contributed by atoms with Crippen molar-refractivity contribution < 1.29 is 27.4 Å². The average Bonchev–Trinajstić information content (AvgIpc) is 3.44. The number of nitrogens with zero attached hydrogens (tertiary/aromatic N) is 5. The summed E-state index contributed by atoms with van der Waals surface area (Å²) in [6, 6.07) is 2.60. The van der Waals surface area contributed by atoms with E-state index in [1.807, 2.05) is 17.7 Å². The van der Waals surface area contributed by atoms with Gasteiger partial charge in [-0.25, -0.2) is 14.4 Å². The third-order valence-corrected chi connectivity index (χ3v) is 6.82. The molecule has 0 unspecified atom stereocenters. The molecule has 194 valence electrons. The first kappa shape index (κ1) is 24.5. The quantitative estimate of drug-likeness (QED) is 0.473. The highest BCUT2D eigenvalue weighted by molar-refractivity contribution is 5.91. The molecule has 8 nitrogen and oxygen atoms in total. The van der Waals surface area contributed by atoms with Crippen LogP contribution in [0.4, 0.5) is 29.2 Å². The van der Waals surface area contributed by atoms with Crippen molar-refractivity contribution in [1.29, 1.82) is 0 Å². The molecule has 2 aliphatic rings. The molecule has 0 radical (unpaired) electrons. The Labute approximate surface area is 205 Å². The van der Waals surface area contributed by atoms with E-state index in [0.29, 0.717) is 51.3 Å². The predicted molar refractivity (Wildman–Crippen MR) is 126 cm³/mol. The number of fused-ring (bicyclic) bond motifs is 1. The summed E-state index contributed by atoms with van der Waals surface area (Å²) in [7, 11) is 0. The van der Waals surface area contributed by atoms with E-state index in [1.165, 1.54) is 0 Å². The third-order valence-electron chi connectivity index (χ3n) is 6.82. The van der Waals surface area contributed by atoms with Crippen LogP contribution in [-0.4, -0.2) is 56.7 Å². The number of aromatic nitrogens is 4. The molecule has 3 aromatic rings. The largest absolute Gasteiger partial charge is 0.472 e. The summed E-state index contributed by atoms with van der Waals surface area (Å²) >= 11 is 0. The number of halogens is 4. The maximum Gasteiger partial charge on any atom is 0.419 e. The number of rotatable bonds is 6. The Morgan fingerprint density at radius 3 is 2.61 bits per heavy atom.